The molecule has 0 aliphatic carbocycles. The van der Waals surface area contributed by atoms with E-state index in [0.29, 0.717) is 11.9 Å². The van der Waals surface area contributed by atoms with E-state index in [1.165, 1.54) is 10.0 Å². The van der Waals surface area contributed by atoms with Crippen molar-refractivity contribution < 1.29 is 4.79 Å². The molecule has 1 aliphatic rings. The molecule has 1 fully saturated rings. The predicted molar refractivity (Wildman–Crippen MR) is 82.0 cm³/mol. The second-order valence-electron chi connectivity index (χ2n) is 5.04. The van der Waals surface area contributed by atoms with Crippen molar-refractivity contribution in [1.82, 2.24) is 4.90 Å². The van der Waals surface area contributed by atoms with E-state index in [9.17, 15) is 4.79 Å². The SMILES string of the molecule is C[C@@H]1[C@@H]([Se]c2ccccc2)C(=O)N1Cc1ccccc1. The number of carbonyl (C=O) groups excluding carboxylic acids is 1. The number of nitrogens with zero attached hydrogens (tertiary/aromatic N) is 1. The zero-order valence-electron chi connectivity index (χ0n) is 11.4. The van der Waals surface area contributed by atoms with E-state index in [-0.39, 0.29) is 19.8 Å². The molecule has 2 aromatic rings. The van der Waals surface area contributed by atoms with Crippen LogP contribution in [0.4, 0.5) is 0 Å². The summed E-state index contributed by atoms with van der Waals surface area (Å²) in [6.07, 6.45) is 0. The molecule has 1 heterocycles. The summed E-state index contributed by atoms with van der Waals surface area (Å²) in [5, 5.41) is 0. The first-order chi connectivity index (χ1) is 9.75. The molecule has 1 aliphatic heterocycles. The van der Waals surface area contributed by atoms with E-state index in [1.54, 1.807) is 0 Å². The molecular formula is C17H17NOSe. The normalized spacial score (nSPS) is 21.6. The Morgan fingerprint density at radius 2 is 1.60 bits per heavy atom. The Hall–Kier alpha value is -1.57. The fourth-order valence-corrected chi connectivity index (χ4v) is 4.94. The molecule has 3 heteroatoms. The van der Waals surface area contributed by atoms with Crippen molar-refractivity contribution >= 4 is 25.3 Å². The third kappa shape index (κ3) is 2.65. The first-order valence-corrected chi connectivity index (χ1v) is 8.66. The van der Waals surface area contributed by atoms with Crippen molar-refractivity contribution in [2.75, 3.05) is 0 Å². The first-order valence-electron chi connectivity index (χ1n) is 6.82. The Kier molecular flexibility index (Phi) is 3.90. The van der Waals surface area contributed by atoms with Crippen LogP contribution in [0.15, 0.2) is 60.7 Å². The van der Waals surface area contributed by atoms with E-state index < -0.39 is 0 Å². The van der Waals surface area contributed by atoms with Gasteiger partial charge in [-0.15, -0.1) is 0 Å². The van der Waals surface area contributed by atoms with E-state index in [2.05, 4.69) is 31.2 Å². The van der Waals surface area contributed by atoms with Crippen molar-refractivity contribution in [2.24, 2.45) is 0 Å². The van der Waals surface area contributed by atoms with Crippen LogP contribution in [0.2, 0.25) is 4.82 Å². The van der Waals surface area contributed by atoms with Crippen LogP contribution in [0.1, 0.15) is 12.5 Å². The van der Waals surface area contributed by atoms with E-state index in [0.717, 1.165) is 6.54 Å². The average molecular weight is 330 g/mol. The molecular weight excluding hydrogens is 313 g/mol. The molecule has 0 bridgehead atoms. The maximum absolute atomic E-state index is 12.3. The summed E-state index contributed by atoms with van der Waals surface area (Å²) >= 11 is 0.241. The summed E-state index contributed by atoms with van der Waals surface area (Å²) in [6.45, 7) is 2.90. The zero-order chi connectivity index (χ0) is 13.9. The molecule has 1 amide bonds. The molecule has 3 rings (SSSR count). The molecule has 1 saturated heterocycles. The monoisotopic (exact) mass is 331 g/mol. The summed E-state index contributed by atoms with van der Waals surface area (Å²) < 4.78 is 1.31. The molecule has 2 aromatic carbocycles. The van der Waals surface area contributed by atoms with Crippen LogP contribution in [0, 0.1) is 0 Å². The molecule has 0 aromatic heterocycles. The van der Waals surface area contributed by atoms with Crippen molar-refractivity contribution in [3.63, 3.8) is 0 Å². The molecule has 0 N–H and O–H groups in total. The van der Waals surface area contributed by atoms with Crippen LogP contribution in [0.5, 0.6) is 0 Å². The molecule has 0 unspecified atom stereocenters. The van der Waals surface area contributed by atoms with Crippen molar-refractivity contribution in [3.8, 4) is 0 Å². The van der Waals surface area contributed by atoms with Gasteiger partial charge in [-0.25, -0.2) is 0 Å². The Bertz CT molecular complexity index is 533. The van der Waals surface area contributed by atoms with Crippen LogP contribution >= 0.6 is 0 Å². The summed E-state index contributed by atoms with van der Waals surface area (Å²) in [4.78, 5) is 14.5. The summed E-state index contributed by atoms with van der Waals surface area (Å²) in [5.74, 6) is 0.310. The van der Waals surface area contributed by atoms with Crippen LogP contribution in [0.25, 0.3) is 0 Å². The van der Waals surface area contributed by atoms with Gasteiger partial charge in [0.25, 0.3) is 0 Å². The van der Waals surface area contributed by atoms with Gasteiger partial charge >= 0.3 is 126 Å². The van der Waals surface area contributed by atoms with Crippen molar-refractivity contribution in [3.05, 3.63) is 66.2 Å². The first kappa shape index (κ1) is 13.4. The predicted octanol–water partition coefficient (Wildman–Crippen LogP) is 2.24. The second kappa shape index (κ2) is 5.82. The molecule has 0 saturated carbocycles. The summed E-state index contributed by atoms with van der Waals surface area (Å²) in [7, 11) is 0. The number of benzene rings is 2. The minimum absolute atomic E-state index is 0.202. The van der Waals surface area contributed by atoms with Crippen LogP contribution in [-0.2, 0) is 11.3 Å². The Morgan fingerprint density at radius 3 is 2.20 bits per heavy atom. The van der Waals surface area contributed by atoms with Crippen molar-refractivity contribution in [2.45, 2.75) is 24.3 Å². The number of likely N-dealkylation sites (tertiary alicyclic amines) is 1. The molecule has 0 radical (unpaired) electrons. The fraction of sp³-hybridized carbons (Fsp3) is 0.235. The zero-order valence-corrected chi connectivity index (χ0v) is 13.1. The number of hydrogen-bond acceptors (Lipinski definition) is 1. The molecule has 0 spiro atoms. The summed E-state index contributed by atoms with van der Waals surface area (Å²) in [6, 6.07) is 20.9. The van der Waals surface area contributed by atoms with E-state index >= 15 is 0 Å². The standard InChI is InChI=1S/C17H17NOSe/c1-13-16(20-15-10-6-3-7-11-15)17(19)18(13)12-14-8-4-2-5-9-14/h2-11,13,16H,12H2,1H3/t13-,16-/m1/s1. The van der Waals surface area contributed by atoms with Gasteiger partial charge in [0.15, 0.2) is 0 Å². The van der Waals surface area contributed by atoms with Gasteiger partial charge in [0.2, 0.25) is 0 Å². The van der Waals surface area contributed by atoms with Gasteiger partial charge in [0.1, 0.15) is 0 Å². The quantitative estimate of drug-likeness (QED) is 0.622. The Morgan fingerprint density at radius 1 is 1.00 bits per heavy atom. The van der Waals surface area contributed by atoms with Gasteiger partial charge in [0, 0.05) is 0 Å². The Balaban J connectivity index is 1.63. The molecule has 20 heavy (non-hydrogen) atoms. The van der Waals surface area contributed by atoms with Crippen LogP contribution in [-0.4, -0.2) is 31.8 Å². The number of amides is 1. The fourth-order valence-electron chi connectivity index (χ4n) is 2.45. The van der Waals surface area contributed by atoms with E-state index in [1.807, 2.05) is 41.3 Å². The number of hydrogen-bond donors (Lipinski definition) is 0. The molecule has 2 nitrogen and oxygen atoms in total. The van der Waals surface area contributed by atoms with Crippen LogP contribution < -0.4 is 4.46 Å². The molecule has 102 valence electrons. The topological polar surface area (TPSA) is 20.3 Å². The Labute approximate surface area is 126 Å². The minimum atomic E-state index is 0.202. The number of β-lactam (4-membered cyclic amide) rings is 1. The van der Waals surface area contributed by atoms with Gasteiger partial charge in [-0.1, -0.05) is 0 Å². The number of carbonyl (C=O) groups is 1. The van der Waals surface area contributed by atoms with Gasteiger partial charge < -0.3 is 0 Å². The maximum atomic E-state index is 12.3. The van der Waals surface area contributed by atoms with E-state index in [4.69, 9.17) is 0 Å². The third-order valence-electron chi connectivity index (χ3n) is 3.66. The van der Waals surface area contributed by atoms with Gasteiger partial charge in [-0.2, -0.15) is 0 Å². The van der Waals surface area contributed by atoms with Crippen LogP contribution in [0.3, 0.4) is 0 Å². The number of rotatable bonds is 4. The second-order valence-corrected chi connectivity index (χ2v) is 7.59. The van der Waals surface area contributed by atoms with Gasteiger partial charge in [0.05, 0.1) is 0 Å². The average Bonchev–Trinajstić information content (AvgIpc) is 2.52. The van der Waals surface area contributed by atoms with Gasteiger partial charge in [-0.05, 0) is 0 Å². The van der Waals surface area contributed by atoms with Crippen molar-refractivity contribution in [1.29, 1.82) is 0 Å². The van der Waals surface area contributed by atoms with Gasteiger partial charge in [-0.3, -0.25) is 0 Å². The summed E-state index contributed by atoms with van der Waals surface area (Å²) in [5.41, 5.74) is 1.21. The third-order valence-corrected chi connectivity index (χ3v) is 6.58. The molecule has 2 atom stereocenters.